The van der Waals surface area contributed by atoms with Gasteiger partial charge in [-0.1, -0.05) is 66.7 Å². The molecule has 0 amide bonds. The molecular weight excluding hydrogens is 369 g/mol. The second kappa shape index (κ2) is 10.9. The van der Waals surface area contributed by atoms with Gasteiger partial charge in [-0.05, 0) is 42.8 Å². The van der Waals surface area contributed by atoms with Crippen LogP contribution in [0.4, 0.5) is 0 Å². The Hall–Kier alpha value is -2.47. The molecule has 1 nitrogen and oxygen atoms in total. The highest BCUT2D eigenvalue weighted by molar-refractivity contribution is 7.95. The van der Waals surface area contributed by atoms with Crippen LogP contribution in [0.5, 0.6) is 0 Å². The Labute approximate surface area is 176 Å². The summed E-state index contributed by atoms with van der Waals surface area (Å²) in [6.07, 6.45) is 6.25. The number of benzene rings is 3. The Morgan fingerprint density at radius 3 is 1.34 bits per heavy atom. The smallest absolute Gasteiger partial charge is 0.112 e. The van der Waals surface area contributed by atoms with Crippen LogP contribution in [0.1, 0.15) is 6.42 Å². The molecule has 0 bridgehead atoms. The first-order valence-electron chi connectivity index (χ1n) is 10.3. The summed E-state index contributed by atoms with van der Waals surface area (Å²) < 4.78 is 0. The van der Waals surface area contributed by atoms with Crippen molar-refractivity contribution < 1.29 is 0 Å². The molecule has 0 radical (unpaired) electrons. The van der Waals surface area contributed by atoms with Crippen LogP contribution in [-0.2, 0) is 0 Å². The number of rotatable bonds is 11. The molecule has 0 atom stereocenters. The summed E-state index contributed by atoms with van der Waals surface area (Å²) in [6.45, 7) is 10.7. The topological polar surface area (TPSA) is 3.24 Å². The molecule has 0 aromatic heterocycles. The van der Waals surface area contributed by atoms with Crippen LogP contribution in [0.2, 0.25) is 0 Å². The molecule has 0 fully saturated rings. The molecule has 0 spiro atoms. The first kappa shape index (κ1) is 21.2. The molecule has 0 aliphatic carbocycles. The Morgan fingerprint density at radius 2 is 1.00 bits per heavy atom. The summed E-state index contributed by atoms with van der Waals surface area (Å²) >= 11 is 0. The lowest BCUT2D eigenvalue weighted by Crippen LogP contribution is -2.35. The molecule has 29 heavy (non-hydrogen) atoms. The lowest BCUT2D eigenvalue weighted by Gasteiger charge is -2.28. The molecule has 0 aliphatic rings. The molecule has 148 valence electrons. The molecule has 3 aromatic rings. The molecule has 0 heterocycles. The normalized spacial score (nSPS) is 11.3. The van der Waals surface area contributed by atoms with E-state index in [0.29, 0.717) is 0 Å². The average Bonchev–Trinajstić information content (AvgIpc) is 2.79. The van der Waals surface area contributed by atoms with Gasteiger partial charge in [0.1, 0.15) is 23.2 Å². The predicted octanol–water partition coefficient (Wildman–Crippen LogP) is 5.04. The lowest BCUT2D eigenvalue weighted by atomic mass is 10.3. The van der Waals surface area contributed by atoms with Crippen molar-refractivity contribution in [1.82, 2.24) is 4.90 Å². The highest BCUT2D eigenvalue weighted by atomic mass is 31.2. The zero-order chi connectivity index (χ0) is 20.4. The minimum absolute atomic E-state index is 0.902. The Bertz CT molecular complexity index is 768. The maximum atomic E-state index is 3.91. The number of hydrogen-bond acceptors (Lipinski definition) is 1. The molecule has 0 saturated carbocycles. The third-order valence-electron chi connectivity index (χ3n) is 5.33. The Balaban J connectivity index is 2.03. The van der Waals surface area contributed by atoms with E-state index in [9.17, 15) is 0 Å². The highest BCUT2D eigenvalue weighted by Crippen LogP contribution is 2.55. The quantitative estimate of drug-likeness (QED) is 0.322. The largest absolute Gasteiger partial charge is 0.296 e. The third kappa shape index (κ3) is 5.12. The molecule has 0 unspecified atom stereocenters. The summed E-state index contributed by atoms with van der Waals surface area (Å²) in [5, 5.41) is 4.36. The standard InChI is InChI=1S/C27H31NP/c1-3-21-28(22-4-2)23-14-24-29(25-15-8-5-9-16-25,26-17-10-6-11-18-26)27-19-12-7-13-20-27/h3-13,15-20H,1-2,14,21-24H2/q+1. The van der Waals surface area contributed by atoms with E-state index in [-0.39, 0.29) is 0 Å². The molecule has 0 saturated heterocycles. The van der Waals surface area contributed by atoms with Crippen LogP contribution in [-0.4, -0.2) is 30.7 Å². The van der Waals surface area contributed by atoms with Crippen LogP contribution in [0.3, 0.4) is 0 Å². The fourth-order valence-electron chi connectivity index (χ4n) is 4.04. The monoisotopic (exact) mass is 400 g/mol. The first-order chi connectivity index (χ1) is 14.3. The van der Waals surface area contributed by atoms with Crippen LogP contribution in [0.25, 0.3) is 0 Å². The van der Waals surface area contributed by atoms with Crippen molar-refractivity contribution >= 4 is 23.2 Å². The van der Waals surface area contributed by atoms with Gasteiger partial charge in [0.15, 0.2) is 0 Å². The zero-order valence-corrected chi connectivity index (χ0v) is 18.1. The summed E-state index contributed by atoms with van der Waals surface area (Å²) in [4.78, 5) is 2.41. The maximum Gasteiger partial charge on any atom is 0.112 e. The van der Waals surface area contributed by atoms with E-state index in [4.69, 9.17) is 0 Å². The fraction of sp³-hybridized carbons (Fsp3) is 0.185. The van der Waals surface area contributed by atoms with E-state index in [1.54, 1.807) is 0 Å². The predicted molar refractivity (Wildman–Crippen MR) is 131 cm³/mol. The van der Waals surface area contributed by atoms with Crippen LogP contribution >= 0.6 is 7.26 Å². The molecule has 3 aromatic carbocycles. The second-order valence-electron chi connectivity index (χ2n) is 7.23. The Kier molecular flexibility index (Phi) is 7.99. The van der Waals surface area contributed by atoms with Crippen molar-refractivity contribution in [2.75, 3.05) is 25.8 Å². The van der Waals surface area contributed by atoms with E-state index >= 15 is 0 Å². The summed E-state index contributed by atoms with van der Waals surface area (Å²) in [5.74, 6) is 0. The van der Waals surface area contributed by atoms with Crippen molar-refractivity contribution in [2.45, 2.75) is 6.42 Å². The molecule has 0 N–H and O–H groups in total. The summed E-state index contributed by atoms with van der Waals surface area (Å²) in [5.41, 5.74) is 0. The van der Waals surface area contributed by atoms with Gasteiger partial charge in [0.05, 0.1) is 6.16 Å². The molecule has 0 aliphatic heterocycles. The van der Waals surface area contributed by atoms with Gasteiger partial charge in [0.2, 0.25) is 0 Å². The van der Waals surface area contributed by atoms with Gasteiger partial charge in [-0.15, -0.1) is 13.2 Å². The van der Waals surface area contributed by atoms with Crippen molar-refractivity contribution in [2.24, 2.45) is 0 Å². The Morgan fingerprint density at radius 1 is 0.621 bits per heavy atom. The van der Waals surface area contributed by atoms with Gasteiger partial charge in [-0.25, -0.2) is 0 Å². The molecular formula is C27H31NP+. The SMILES string of the molecule is C=CCN(CC=C)CCC[P+](c1ccccc1)(c1ccccc1)c1ccccc1. The van der Waals surface area contributed by atoms with Crippen LogP contribution < -0.4 is 15.9 Å². The van der Waals surface area contributed by atoms with Gasteiger partial charge in [0, 0.05) is 19.6 Å². The maximum absolute atomic E-state index is 3.91. The fourth-order valence-corrected chi connectivity index (χ4v) is 8.36. The summed E-state index contributed by atoms with van der Waals surface area (Å²) in [7, 11) is -1.73. The molecule has 3 rings (SSSR count). The van der Waals surface area contributed by atoms with Crippen LogP contribution in [0.15, 0.2) is 116 Å². The molecule has 2 heteroatoms. The average molecular weight is 401 g/mol. The number of hydrogen-bond donors (Lipinski definition) is 0. The first-order valence-corrected chi connectivity index (χ1v) is 12.3. The van der Waals surface area contributed by atoms with Gasteiger partial charge in [-0.2, -0.15) is 0 Å². The number of nitrogens with zero attached hydrogens (tertiary/aromatic N) is 1. The van der Waals surface area contributed by atoms with Crippen molar-refractivity contribution in [3.63, 3.8) is 0 Å². The van der Waals surface area contributed by atoms with Gasteiger partial charge in [0.25, 0.3) is 0 Å². The van der Waals surface area contributed by atoms with E-state index in [1.165, 1.54) is 15.9 Å². The zero-order valence-electron chi connectivity index (χ0n) is 17.2. The van der Waals surface area contributed by atoms with Gasteiger partial charge < -0.3 is 0 Å². The van der Waals surface area contributed by atoms with E-state index < -0.39 is 7.26 Å². The van der Waals surface area contributed by atoms with E-state index in [2.05, 4.69) is 109 Å². The van der Waals surface area contributed by atoms with E-state index in [1.807, 2.05) is 12.2 Å². The van der Waals surface area contributed by atoms with Crippen molar-refractivity contribution in [3.8, 4) is 0 Å². The summed E-state index contributed by atoms with van der Waals surface area (Å²) in [6, 6.07) is 33.3. The minimum atomic E-state index is -1.73. The van der Waals surface area contributed by atoms with E-state index in [0.717, 1.165) is 32.2 Å². The highest BCUT2D eigenvalue weighted by Gasteiger charge is 2.44. The van der Waals surface area contributed by atoms with Crippen molar-refractivity contribution in [3.05, 3.63) is 116 Å². The van der Waals surface area contributed by atoms with Gasteiger partial charge in [-0.3, -0.25) is 4.90 Å². The minimum Gasteiger partial charge on any atom is -0.296 e. The van der Waals surface area contributed by atoms with Gasteiger partial charge >= 0.3 is 0 Å². The third-order valence-corrected chi connectivity index (χ3v) is 9.86. The lowest BCUT2D eigenvalue weighted by molar-refractivity contribution is 0.337. The van der Waals surface area contributed by atoms with Crippen molar-refractivity contribution in [1.29, 1.82) is 0 Å². The van der Waals surface area contributed by atoms with Crippen LogP contribution in [0, 0.1) is 0 Å². The second-order valence-corrected chi connectivity index (χ2v) is 10.8.